The minimum absolute atomic E-state index is 0.623. The molecule has 0 heterocycles. The lowest BCUT2D eigenvalue weighted by atomic mass is 9.77. The van der Waals surface area contributed by atoms with Crippen LogP contribution in [0.4, 0.5) is 0 Å². The van der Waals surface area contributed by atoms with E-state index in [0.29, 0.717) is 5.92 Å². The maximum absolute atomic E-state index is 6.15. The number of hydrogen-bond donors (Lipinski definition) is 1. The first-order valence-electron chi connectivity index (χ1n) is 6.47. The highest BCUT2D eigenvalue weighted by molar-refractivity contribution is 6.35. The Labute approximate surface area is 123 Å². The molecule has 0 spiro atoms. The van der Waals surface area contributed by atoms with Crippen molar-refractivity contribution in [3.8, 4) is 0 Å². The summed E-state index contributed by atoms with van der Waals surface area (Å²) in [5, 5.41) is 4.92. The molecule has 0 radical (unpaired) electrons. The highest BCUT2D eigenvalue weighted by atomic mass is 35.5. The molecule has 1 nitrogen and oxygen atoms in total. The first-order valence-corrected chi connectivity index (χ1v) is 7.22. The van der Waals surface area contributed by atoms with Crippen molar-refractivity contribution < 1.29 is 0 Å². The maximum Gasteiger partial charge on any atom is 0.0465 e. The Balaban J connectivity index is 1.58. The molecule has 0 fully saturated rings. The van der Waals surface area contributed by atoms with Crippen LogP contribution in [0.3, 0.4) is 0 Å². The van der Waals surface area contributed by atoms with E-state index in [1.165, 1.54) is 17.5 Å². The first kappa shape index (κ1) is 13.0. The molecule has 19 heavy (non-hydrogen) atoms. The van der Waals surface area contributed by atoms with Gasteiger partial charge in [0.25, 0.3) is 0 Å². The van der Waals surface area contributed by atoms with Crippen molar-refractivity contribution >= 4 is 23.2 Å². The maximum atomic E-state index is 6.15. The van der Waals surface area contributed by atoms with Gasteiger partial charge in [0.15, 0.2) is 0 Å². The topological polar surface area (TPSA) is 12.0 Å². The molecule has 98 valence electrons. The molecule has 0 saturated heterocycles. The van der Waals surface area contributed by atoms with E-state index in [-0.39, 0.29) is 0 Å². The minimum atomic E-state index is 0.623. The predicted molar refractivity (Wildman–Crippen MR) is 81.1 cm³/mol. The number of fused-ring (bicyclic) bond motifs is 1. The number of hydrogen-bond acceptors (Lipinski definition) is 1. The zero-order valence-corrected chi connectivity index (χ0v) is 12.0. The molecule has 0 bridgehead atoms. The standard InChI is InChI=1S/C16H15Cl2N/c17-15-6-3-7-16(18)14(15)10-19-9-12-8-11-4-1-2-5-13(11)12/h1-7,12,19H,8-10H2. The number of nitrogens with one attached hydrogen (secondary N) is 1. The number of rotatable bonds is 4. The average Bonchev–Trinajstić information content (AvgIpc) is 2.38. The molecule has 1 atom stereocenters. The van der Waals surface area contributed by atoms with Crippen LogP contribution in [0.15, 0.2) is 42.5 Å². The van der Waals surface area contributed by atoms with Crippen molar-refractivity contribution in [2.45, 2.75) is 18.9 Å². The summed E-state index contributed by atoms with van der Waals surface area (Å²) < 4.78 is 0. The van der Waals surface area contributed by atoms with Crippen molar-refractivity contribution in [3.63, 3.8) is 0 Å². The highest BCUT2D eigenvalue weighted by Gasteiger charge is 2.24. The van der Waals surface area contributed by atoms with Gasteiger partial charge in [-0.05, 0) is 29.7 Å². The lowest BCUT2D eigenvalue weighted by Crippen LogP contribution is -2.28. The summed E-state index contributed by atoms with van der Waals surface area (Å²) in [6, 6.07) is 14.3. The lowest BCUT2D eigenvalue weighted by molar-refractivity contribution is 0.536. The van der Waals surface area contributed by atoms with E-state index in [0.717, 1.165) is 28.7 Å². The van der Waals surface area contributed by atoms with Crippen LogP contribution in [0.25, 0.3) is 0 Å². The van der Waals surface area contributed by atoms with Crippen molar-refractivity contribution in [1.29, 1.82) is 0 Å². The Morgan fingerprint density at radius 1 is 1.00 bits per heavy atom. The molecule has 0 saturated carbocycles. The summed E-state index contributed by atoms with van der Waals surface area (Å²) in [6.07, 6.45) is 1.17. The smallest absolute Gasteiger partial charge is 0.0465 e. The van der Waals surface area contributed by atoms with Crippen molar-refractivity contribution in [1.82, 2.24) is 5.32 Å². The highest BCUT2D eigenvalue weighted by Crippen LogP contribution is 2.34. The van der Waals surface area contributed by atoms with E-state index in [9.17, 15) is 0 Å². The Morgan fingerprint density at radius 2 is 1.74 bits per heavy atom. The van der Waals surface area contributed by atoms with Crippen LogP contribution >= 0.6 is 23.2 Å². The fraction of sp³-hybridized carbons (Fsp3) is 0.250. The molecule has 1 aliphatic carbocycles. The number of halogens is 2. The summed E-state index contributed by atoms with van der Waals surface area (Å²) in [4.78, 5) is 0. The molecule has 3 rings (SSSR count). The van der Waals surface area contributed by atoms with E-state index in [4.69, 9.17) is 23.2 Å². The first-order chi connectivity index (χ1) is 9.25. The van der Waals surface area contributed by atoms with Crippen LogP contribution in [0, 0.1) is 0 Å². The van der Waals surface area contributed by atoms with Gasteiger partial charge in [0.1, 0.15) is 0 Å². The van der Waals surface area contributed by atoms with E-state index in [2.05, 4.69) is 29.6 Å². The minimum Gasteiger partial charge on any atom is -0.312 e. The van der Waals surface area contributed by atoms with Gasteiger partial charge >= 0.3 is 0 Å². The van der Waals surface area contributed by atoms with Crippen LogP contribution in [0.5, 0.6) is 0 Å². The van der Waals surface area contributed by atoms with E-state index in [1.807, 2.05) is 18.2 Å². The van der Waals surface area contributed by atoms with Gasteiger partial charge in [0.05, 0.1) is 0 Å². The van der Waals surface area contributed by atoms with E-state index < -0.39 is 0 Å². The molecule has 1 unspecified atom stereocenters. The molecule has 1 aliphatic rings. The van der Waals surface area contributed by atoms with Crippen LogP contribution < -0.4 is 5.32 Å². The Morgan fingerprint density at radius 3 is 2.47 bits per heavy atom. The van der Waals surface area contributed by atoms with Crippen LogP contribution in [0.1, 0.15) is 22.6 Å². The zero-order valence-electron chi connectivity index (χ0n) is 10.5. The second-order valence-corrected chi connectivity index (χ2v) is 5.75. The third kappa shape index (κ3) is 2.64. The summed E-state index contributed by atoms with van der Waals surface area (Å²) in [6.45, 7) is 1.69. The van der Waals surface area contributed by atoms with Gasteiger partial charge in [0.2, 0.25) is 0 Å². The van der Waals surface area contributed by atoms with Gasteiger partial charge < -0.3 is 5.32 Å². The average molecular weight is 292 g/mol. The third-order valence-corrected chi connectivity index (χ3v) is 4.42. The normalized spacial score (nSPS) is 16.8. The van der Waals surface area contributed by atoms with E-state index >= 15 is 0 Å². The van der Waals surface area contributed by atoms with Gasteiger partial charge in [-0.1, -0.05) is 53.5 Å². The van der Waals surface area contributed by atoms with Crippen LogP contribution in [-0.4, -0.2) is 6.54 Å². The fourth-order valence-electron chi connectivity index (χ4n) is 2.62. The summed E-state index contributed by atoms with van der Waals surface area (Å²) in [7, 11) is 0. The molecule has 2 aromatic carbocycles. The molecule has 1 N–H and O–H groups in total. The van der Waals surface area contributed by atoms with Crippen LogP contribution in [0.2, 0.25) is 10.0 Å². The predicted octanol–water partition coefficient (Wildman–Crippen LogP) is 4.42. The largest absolute Gasteiger partial charge is 0.312 e. The van der Waals surface area contributed by atoms with Gasteiger partial charge in [-0.3, -0.25) is 0 Å². The molecule has 3 heteroatoms. The van der Waals surface area contributed by atoms with Gasteiger partial charge in [-0.25, -0.2) is 0 Å². The summed E-state index contributed by atoms with van der Waals surface area (Å²) >= 11 is 12.3. The summed E-state index contributed by atoms with van der Waals surface area (Å²) in [5.74, 6) is 0.623. The SMILES string of the molecule is Clc1cccc(Cl)c1CNCC1Cc2ccccc21. The van der Waals surface area contributed by atoms with Crippen molar-refractivity contribution in [2.75, 3.05) is 6.54 Å². The molecule has 2 aromatic rings. The summed E-state index contributed by atoms with van der Waals surface area (Å²) in [5.41, 5.74) is 3.93. The zero-order chi connectivity index (χ0) is 13.2. The molecular weight excluding hydrogens is 277 g/mol. The van der Waals surface area contributed by atoms with E-state index in [1.54, 1.807) is 0 Å². The lowest BCUT2D eigenvalue weighted by Gasteiger charge is -2.30. The van der Waals surface area contributed by atoms with Gasteiger partial charge in [0, 0.05) is 34.6 Å². The van der Waals surface area contributed by atoms with Crippen molar-refractivity contribution in [3.05, 3.63) is 69.2 Å². The molecule has 0 amide bonds. The number of benzene rings is 2. The Bertz CT molecular complexity index is 575. The second kappa shape index (κ2) is 5.54. The van der Waals surface area contributed by atoms with Gasteiger partial charge in [-0.2, -0.15) is 0 Å². The van der Waals surface area contributed by atoms with Gasteiger partial charge in [-0.15, -0.1) is 0 Å². The third-order valence-electron chi connectivity index (χ3n) is 3.72. The second-order valence-electron chi connectivity index (χ2n) is 4.93. The fourth-order valence-corrected chi connectivity index (χ4v) is 3.15. The monoisotopic (exact) mass is 291 g/mol. The Hall–Kier alpha value is -1.02. The quantitative estimate of drug-likeness (QED) is 0.879. The Kier molecular flexibility index (Phi) is 3.79. The molecule has 0 aromatic heterocycles. The molecular formula is C16H15Cl2N. The van der Waals surface area contributed by atoms with Crippen molar-refractivity contribution in [2.24, 2.45) is 0 Å². The van der Waals surface area contributed by atoms with Crippen LogP contribution in [-0.2, 0) is 13.0 Å². The molecule has 0 aliphatic heterocycles.